The van der Waals surface area contributed by atoms with Crippen LogP contribution >= 0.6 is 0 Å². The highest BCUT2D eigenvalue weighted by atomic mass is 16.4. The van der Waals surface area contributed by atoms with Crippen molar-refractivity contribution in [2.24, 2.45) is 0 Å². The fourth-order valence-electron chi connectivity index (χ4n) is 3.88. The molecule has 7 nitrogen and oxygen atoms in total. The number of nitrogens with zero attached hydrogens (tertiary/aromatic N) is 3. The summed E-state index contributed by atoms with van der Waals surface area (Å²) >= 11 is 0. The van der Waals surface area contributed by atoms with Crippen LogP contribution in [0.25, 0.3) is 16.7 Å². The first-order chi connectivity index (χ1) is 14.0. The first-order valence-electron chi connectivity index (χ1n) is 9.84. The SMILES string of the molecule is CCN(CC(=O)O)C1CC(NC(=O)c2ccc(-n3cnc4ccccc43)cc2)C1. The number of likely N-dealkylation sites (N-methyl/N-ethyl adjacent to an activating group) is 1. The Morgan fingerprint density at radius 2 is 1.90 bits per heavy atom. The zero-order chi connectivity index (χ0) is 20.4. The van der Waals surface area contributed by atoms with Crippen molar-refractivity contribution in [1.29, 1.82) is 0 Å². The second-order valence-electron chi connectivity index (χ2n) is 7.40. The van der Waals surface area contributed by atoms with Gasteiger partial charge in [0.05, 0.1) is 17.6 Å². The molecule has 1 heterocycles. The van der Waals surface area contributed by atoms with E-state index in [1.54, 1.807) is 6.33 Å². The summed E-state index contributed by atoms with van der Waals surface area (Å²) in [6.07, 6.45) is 3.35. The average Bonchev–Trinajstić information content (AvgIpc) is 3.13. The molecule has 0 radical (unpaired) electrons. The van der Waals surface area contributed by atoms with Crippen LogP contribution in [0.15, 0.2) is 54.9 Å². The topological polar surface area (TPSA) is 87.5 Å². The number of amides is 1. The molecule has 0 atom stereocenters. The van der Waals surface area contributed by atoms with Crippen molar-refractivity contribution in [3.8, 4) is 5.69 Å². The standard InChI is InChI=1S/C22H24N4O3/c1-2-25(13-21(27)28)18-11-16(12-18)24-22(29)15-7-9-17(10-8-15)26-14-23-19-5-3-4-6-20(19)26/h3-10,14,16,18H,2,11-13H2,1H3,(H,24,29)(H,27,28). The molecular weight excluding hydrogens is 368 g/mol. The summed E-state index contributed by atoms with van der Waals surface area (Å²) in [4.78, 5) is 29.8. The zero-order valence-electron chi connectivity index (χ0n) is 16.3. The van der Waals surface area contributed by atoms with Crippen molar-refractivity contribution in [3.63, 3.8) is 0 Å². The van der Waals surface area contributed by atoms with Gasteiger partial charge in [0.1, 0.15) is 6.33 Å². The third-order valence-corrected chi connectivity index (χ3v) is 5.57. The first-order valence-corrected chi connectivity index (χ1v) is 9.84. The molecule has 1 amide bonds. The van der Waals surface area contributed by atoms with Gasteiger partial charge in [0, 0.05) is 23.3 Å². The van der Waals surface area contributed by atoms with Crippen molar-refractivity contribution < 1.29 is 14.7 Å². The van der Waals surface area contributed by atoms with Crippen LogP contribution in [0.3, 0.4) is 0 Å². The average molecular weight is 392 g/mol. The molecule has 1 aliphatic rings. The van der Waals surface area contributed by atoms with Gasteiger partial charge in [0.15, 0.2) is 0 Å². The van der Waals surface area contributed by atoms with Crippen LogP contribution in [-0.2, 0) is 4.79 Å². The van der Waals surface area contributed by atoms with E-state index in [1.807, 2.05) is 64.9 Å². The monoisotopic (exact) mass is 392 g/mol. The number of carbonyl (C=O) groups excluding carboxylic acids is 1. The summed E-state index contributed by atoms with van der Waals surface area (Å²) in [6.45, 7) is 2.70. The first kappa shape index (κ1) is 19.1. The summed E-state index contributed by atoms with van der Waals surface area (Å²) < 4.78 is 2.00. The Labute approximate surface area is 169 Å². The van der Waals surface area contributed by atoms with Crippen LogP contribution < -0.4 is 5.32 Å². The van der Waals surface area contributed by atoms with E-state index < -0.39 is 5.97 Å². The molecule has 2 N–H and O–H groups in total. The number of aromatic nitrogens is 2. The lowest BCUT2D eigenvalue weighted by atomic mass is 9.85. The van der Waals surface area contributed by atoms with Crippen LogP contribution in [0.1, 0.15) is 30.1 Å². The summed E-state index contributed by atoms with van der Waals surface area (Å²) in [5, 5.41) is 12.0. The molecule has 1 saturated carbocycles. The summed E-state index contributed by atoms with van der Waals surface area (Å²) in [5.74, 6) is -0.915. The van der Waals surface area contributed by atoms with E-state index >= 15 is 0 Å². The van der Waals surface area contributed by atoms with Crippen molar-refractivity contribution in [1.82, 2.24) is 19.8 Å². The van der Waals surface area contributed by atoms with Gasteiger partial charge in [-0.1, -0.05) is 19.1 Å². The quantitative estimate of drug-likeness (QED) is 0.646. The van der Waals surface area contributed by atoms with Crippen molar-refractivity contribution in [2.45, 2.75) is 31.8 Å². The predicted molar refractivity (Wildman–Crippen MR) is 110 cm³/mol. The van der Waals surface area contributed by atoms with E-state index in [9.17, 15) is 9.59 Å². The second kappa shape index (κ2) is 8.05. The smallest absolute Gasteiger partial charge is 0.317 e. The Morgan fingerprint density at radius 3 is 2.59 bits per heavy atom. The van der Waals surface area contributed by atoms with E-state index in [0.717, 1.165) is 29.6 Å². The predicted octanol–water partition coefficient (Wildman–Crippen LogP) is 2.69. The summed E-state index contributed by atoms with van der Waals surface area (Å²) in [5.41, 5.74) is 3.51. The van der Waals surface area contributed by atoms with Gasteiger partial charge in [-0.15, -0.1) is 0 Å². The maximum Gasteiger partial charge on any atom is 0.317 e. The highest BCUT2D eigenvalue weighted by molar-refractivity contribution is 5.94. The van der Waals surface area contributed by atoms with Gasteiger partial charge in [-0.3, -0.25) is 19.1 Å². The number of carbonyl (C=O) groups is 2. The number of imidazole rings is 1. The Bertz CT molecular complexity index is 1020. The minimum Gasteiger partial charge on any atom is -0.480 e. The number of nitrogens with one attached hydrogen (secondary N) is 1. The number of rotatable bonds is 7. The highest BCUT2D eigenvalue weighted by Crippen LogP contribution is 2.26. The molecule has 3 aromatic rings. The van der Waals surface area contributed by atoms with Crippen LogP contribution in [0.4, 0.5) is 0 Å². The summed E-state index contributed by atoms with van der Waals surface area (Å²) in [7, 11) is 0. The van der Waals surface area contributed by atoms with Crippen molar-refractivity contribution in [2.75, 3.05) is 13.1 Å². The lowest BCUT2D eigenvalue weighted by Crippen LogP contribution is -2.54. The van der Waals surface area contributed by atoms with Crippen LogP contribution in [0.5, 0.6) is 0 Å². The third-order valence-electron chi connectivity index (χ3n) is 5.57. The normalized spacial score (nSPS) is 18.6. The van der Waals surface area contributed by atoms with Gasteiger partial charge in [0.2, 0.25) is 0 Å². The fourth-order valence-corrected chi connectivity index (χ4v) is 3.88. The lowest BCUT2D eigenvalue weighted by Gasteiger charge is -2.42. The Kier molecular flexibility index (Phi) is 5.31. The van der Waals surface area contributed by atoms with Gasteiger partial charge >= 0.3 is 5.97 Å². The molecule has 29 heavy (non-hydrogen) atoms. The number of hydrogen-bond donors (Lipinski definition) is 2. The highest BCUT2D eigenvalue weighted by Gasteiger charge is 2.34. The molecular formula is C22H24N4O3. The number of hydrogen-bond acceptors (Lipinski definition) is 4. The zero-order valence-corrected chi connectivity index (χ0v) is 16.3. The number of aliphatic carboxylic acids is 1. The molecule has 0 saturated heterocycles. The molecule has 0 bridgehead atoms. The van der Waals surface area contributed by atoms with E-state index in [0.29, 0.717) is 12.1 Å². The lowest BCUT2D eigenvalue weighted by molar-refractivity contribution is -0.139. The number of carboxylic acid groups (broad SMARTS) is 1. The molecule has 0 spiro atoms. The van der Waals surface area contributed by atoms with E-state index in [-0.39, 0.29) is 24.5 Å². The van der Waals surface area contributed by atoms with Crippen molar-refractivity contribution in [3.05, 3.63) is 60.4 Å². The molecule has 1 fully saturated rings. The minimum absolute atomic E-state index is 0.0478. The Hall–Kier alpha value is -3.19. The largest absolute Gasteiger partial charge is 0.480 e. The van der Waals surface area contributed by atoms with Crippen molar-refractivity contribution >= 4 is 22.9 Å². The molecule has 0 aliphatic heterocycles. The Morgan fingerprint density at radius 1 is 1.17 bits per heavy atom. The number of para-hydroxylation sites is 2. The van der Waals surface area contributed by atoms with Crippen LogP contribution in [0, 0.1) is 0 Å². The summed E-state index contributed by atoms with van der Waals surface area (Å²) in [6, 6.07) is 15.7. The number of fused-ring (bicyclic) bond motifs is 1. The minimum atomic E-state index is -0.815. The van der Waals surface area contributed by atoms with Gasteiger partial charge in [-0.25, -0.2) is 4.98 Å². The van der Waals surface area contributed by atoms with Gasteiger partial charge < -0.3 is 10.4 Å². The second-order valence-corrected chi connectivity index (χ2v) is 7.40. The third kappa shape index (κ3) is 4.00. The fraction of sp³-hybridized carbons (Fsp3) is 0.318. The van der Waals surface area contributed by atoms with Gasteiger partial charge in [-0.05, 0) is 55.8 Å². The van der Waals surface area contributed by atoms with Gasteiger partial charge in [0.25, 0.3) is 5.91 Å². The van der Waals surface area contributed by atoms with E-state index in [1.165, 1.54) is 0 Å². The molecule has 2 aromatic carbocycles. The molecule has 150 valence electrons. The molecule has 7 heteroatoms. The maximum absolute atomic E-state index is 12.5. The Balaban J connectivity index is 1.36. The molecule has 1 aromatic heterocycles. The van der Waals surface area contributed by atoms with Gasteiger partial charge in [-0.2, -0.15) is 0 Å². The van der Waals surface area contributed by atoms with E-state index in [4.69, 9.17) is 5.11 Å². The molecule has 0 unspecified atom stereocenters. The van der Waals surface area contributed by atoms with Crippen LogP contribution in [0.2, 0.25) is 0 Å². The van der Waals surface area contributed by atoms with E-state index in [2.05, 4.69) is 10.3 Å². The number of benzene rings is 2. The van der Waals surface area contributed by atoms with Crippen LogP contribution in [-0.4, -0.2) is 56.6 Å². The molecule has 4 rings (SSSR count). The maximum atomic E-state index is 12.5. The molecule has 1 aliphatic carbocycles. The number of carboxylic acids is 1.